The van der Waals surface area contributed by atoms with Crippen molar-refractivity contribution in [3.05, 3.63) is 65.0 Å². The van der Waals surface area contributed by atoms with E-state index in [1.165, 1.54) is 17.7 Å². The van der Waals surface area contributed by atoms with Crippen molar-refractivity contribution in [2.45, 2.75) is 37.0 Å². The molecule has 0 atom stereocenters. The molecule has 9 heteroatoms. The summed E-state index contributed by atoms with van der Waals surface area (Å²) in [4.78, 5) is 23.8. The second-order valence-electron chi connectivity index (χ2n) is 6.79. The fourth-order valence-corrected chi connectivity index (χ4v) is 4.20. The third-order valence-corrected chi connectivity index (χ3v) is 6.15. The molecule has 0 aromatic heterocycles. The summed E-state index contributed by atoms with van der Waals surface area (Å²) < 4.78 is 40.1. The number of benzene rings is 2. The number of carbonyl (C=O) groups is 2. The number of fused-ring (bicyclic) bond motifs is 1. The highest BCUT2D eigenvalue weighted by Crippen LogP contribution is 2.23. The van der Waals surface area contributed by atoms with Gasteiger partial charge in [-0.1, -0.05) is 6.07 Å². The van der Waals surface area contributed by atoms with Crippen LogP contribution in [0.25, 0.3) is 0 Å². The molecule has 2 aromatic rings. The van der Waals surface area contributed by atoms with Crippen molar-refractivity contribution in [2.24, 2.45) is 0 Å². The normalized spacial score (nSPS) is 13.4. The first-order valence-corrected chi connectivity index (χ1v) is 10.8. The molecule has 3 rings (SSSR count). The number of hydrogen-bond acceptors (Lipinski definition) is 4. The Morgan fingerprint density at radius 3 is 2.34 bits per heavy atom. The highest BCUT2D eigenvalue weighted by atomic mass is 32.2. The summed E-state index contributed by atoms with van der Waals surface area (Å²) in [6, 6.07) is 9.95. The van der Waals surface area contributed by atoms with Gasteiger partial charge in [-0.15, -0.1) is 0 Å². The van der Waals surface area contributed by atoms with Crippen LogP contribution >= 0.6 is 0 Å². The minimum atomic E-state index is -3.72. The van der Waals surface area contributed by atoms with Crippen LogP contribution in [0.2, 0.25) is 0 Å². The van der Waals surface area contributed by atoms with Gasteiger partial charge in [-0.2, -0.15) is 0 Å². The second-order valence-corrected chi connectivity index (χ2v) is 8.56. The Morgan fingerprint density at radius 2 is 1.62 bits per heavy atom. The van der Waals surface area contributed by atoms with Gasteiger partial charge in [0.15, 0.2) is 0 Å². The van der Waals surface area contributed by atoms with Crippen molar-refractivity contribution in [1.82, 2.24) is 15.6 Å². The first kappa shape index (κ1) is 20.9. The Bertz CT molecular complexity index is 1010. The fourth-order valence-electron chi connectivity index (χ4n) is 3.12. The topological polar surface area (TPSA) is 104 Å². The molecule has 0 fully saturated rings. The Morgan fingerprint density at radius 1 is 0.931 bits per heavy atom. The molecule has 2 aromatic carbocycles. The summed E-state index contributed by atoms with van der Waals surface area (Å²) in [6.07, 6.45) is 3.84. The van der Waals surface area contributed by atoms with E-state index in [4.69, 9.17) is 0 Å². The lowest BCUT2D eigenvalue weighted by molar-refractivity contribution is -0.121. The number of nitrogens with one attached hydrogen (secondary N) is 3. The van der Waals surface area contributed by atoms with Crippen LogP contribution in [0.5, 0.6) is 0 Å². The van der Waals surface area contributed by atoms with Crippen molar-refractivity contribution < 1.29 is 22.4 Å². The van der Waals surface area contributed by atoms with E-state index in [-0.39, 0.29) is 23.4 Å². The molecule has 0 heterocycles. The van der Waals surface area contributed by atoms with Crippen LogP contribution in [0.1, 0.15) is 40.7 Å². The predicted octanol–water partition coefficient (Wildman–Crippen LogP) is 1.83. The predicted molar refractivity (Wildman–Crippen MR) is 105 cm³/mol. The third kappa shape index (κ3) is 5.61. The molecule has 0 bridgehead atoms. The zero-order valence-electron chi connectivity index (χ0n) is 15.7. The molecule has 7 nitrogen and oxygen atoms in total. The molecule has 2 amide bonds. The molecule has 0 aliphatic heterocycles. The quantitative estimate of drug-likeness (QED) is 0.622. The standard InChI is InChI=1S/C20H22FN3O4S/c21-17-8-5-15(6-9-17)20(26)24-23-19(25)11-12-22-29(27,28)18-10-7-14-3-1-2-4-16(14)13-18/h5-10,13,22H,1-4,11-12H2,(H,23,25)(H,24,26). The third-order valence-electron chi connectivity index (χ3n) is 4.70. The molecule has 3 N–H and O–H groups in total. The summed E-state index contributed by atoms with van der Waals surface area (Å²) in [5.41, 5.74) is 6.81. The van der Waals surface area contributed by atoms with Crippen LogP contribution in [0.3, 0.4) is 0 Å². The maximum Gasteiger partial charge on any atom is 0.269 e. The van der Waals surface area contributed by atoms with Crippen molar-refractivity contribution >= 4 is 21.8 Å². The maximum absolute atomic E-state index is 12.8. The van der Waals surface area contributed by atoms with E-state index in [9.17, 15) is 22.4 Å². The summed E-state index contributed by atoms with van der Waals surface area (Å²) in [6.45, 7) is -0.113. The zero-order chi connectivity index (χ0) is 20.9. The SMILES string of the molecule is O=C(CCNS(=O)(=O)c1ccc2c(c1)CCCC2)NNC(=O)c1ccc(F)cc1. The summed E-state index contributed by atoms with van der Waals surface area (Å²) in [7, 11) is -3.72. The van der Waals surface area contributed by atoms with E-state index in [0.717, 1.165) is 43.4 Å². The van der Waals surface area contributed by atoms with Crippen molar-refractivity contribution in [3.8, 4) is 0 Å². The van der Waals surface area contributed by atoms with Gasteiger partial charge in [0.2, 0.25) is 15.9 Å². The van der Waals surface area contributed by atoms with Crippen LogP contribution < -0.4 is 15.6 Å². The van der Waals surface area contributed by atoms with Crippen LogP contribution in [0.15, 0.2) is 47.4 Å². The van der Waals surface area contributed by atoms with Gasteiger partial charge < -0.3 is 0 Å². The lowest BCUT2D eigenvalue weighted by Gasteiger charge is -2.16. The number of amides is 2. The zero-order valence-corrected chi connectivity index (χ0v) is 16.5. The molecular formula is C20H22FN3O4S. The molecular weight excluding hydrogens is 397 g/mol. The number of halogens is 1. The summed E-state index contributed by atoms with van der Waals surface area (Å²) >= 11 is 0. The number of aryl methyl sites for hydroxylation is 2. The van der Waals surface area contributed by atoms with Crippen LogP contribution in [-0.2, 0) is 27.7 Å². The largest absolute Gasteiger partial charge is 0.273 e. The molecule has 0 radical (unpaired) electrons. The van der Waals surface area contributed by atoms with E-state index in [0.29, 0.717) is 0 Å². The number of hydrogen-bond donors (Lipinski definition) is 3. The number of hydrazine groups is 1. The van der Waals surface area contributed by atoms with Crippen LogP contribution in [-0.4, -0.2) is 26.8 Å². The van der Waals surface area contributed by atoms with Gasteiger partial charge in [-0.3, -0.25) is 20.4 Å². The highest BCUT2D eigenvalue weighted by molar-refractivity contribution is 7.89. The Kier molecular flexibility index (Phi) is 6.60. The molecule has 1 aliphatic rings. The van der Waals surface area contributed by atoms with Gasteiger partial charge in [-0.05, 0) is 73.2 Å². The van der Waals surface area contributed by atoms with E-state index in [1.54, 1.807) is 12.1 Å². The number of sulfonamides is 1. The van der Waals surface area contributed by atoms with Gasteiger partial charge in [0.1, 0.15) is 5.82 Å². The lowest BCUT2D eigenvalue weighted by Crippen LogP contribution is -2.42. The van der Waals surface area contributed by atoms with E-state index in [1.807, 2.05) is 6.07 Å². The van der Waals surface area contributed by atoms with E-state index in [2.05, 4.69) is 15.6 Å². The Labute approximate surface area is 168 Å². The van der Waals surface area contributed by atoms with Gasteiger partial charge >= 0.3 is 0 Å². The highest BCUT2D eigenvalue weighted by Gasteiger charge is 2.18. The maximum atomic E-state index is 12.8. The fraction of sp³-hybridized carbons (Fsp3) is 0.300. The minimum Gasteiger partial charge on any atom is -0.273 e. The molecule has 1 aliphatic carbocycles. The molecule has 0 saturated carbocycles. The van der Waals surface area contributed by atoms with Crippen LogP contribution in [0.4, 0.5) is 4.39 Å². The molecule has 0 unspecified atom stereocenters. The average molecular weight is 419 g/mol. The van der Waals surface area contributed by atoms with Crippen LogP contribution in [0, 0.1) is 5.82 Å². The molecule has 0 saturated heterocycles. The summed E-state index contributed by atoms with van der Waals surface area (Å²) in [5.74, 6) is -1.64. The smallest absolute Gasteiger partial charge is 0.269 e. The van der Waals surface area contributed by atoms with Gasteiger partial charge in [0, 0.05) is 18.5 Å². The number of rotatable bonds is 6. The Balaban J connectivity index is 1.46. The van der Waals surface area contributed by atoms with Gasteiger partial charge in [0.25, 0.3) is 5.91 Å². The van der Waals surface area contributed by atoms with E-state index < -0.39 is 27.7 Å². The van der Waals surface area contributed by atoms with Crippen molar-refractivity contribution in [3.63, 3.8) is 0 Å². The average Bonchev–Trinajstić information content (AvgIpc) is 2.72. The Hall–Kier alpha value is -2.78. The van der Waals surface area contributed by atoms with Gasteiger partial charge in [0.05, 0.1) is 4.90 Å². The van der Waals surface area contributed by atoms with E-state index >= 15 is 0 Å². The van der Waals surface area contributed by atoms with Crippen molar-refractivity contribution in [1.29, 1.82) is 0 Å². The molecule has 154 valence electrons. The first-order chi connectivity index (χ1) is 13.8. The molecule has 29 heavy (non-hydrogen) atoms. The number of carbonyl (C=O) groups excluding carboxylic acids is 2. The lowest BCUT2D eigenvalue weighted by atomic mass is 9.92. The monoisotopic (exact) mass is 419 g/mol. The minimum absolute atomic E-state index is 0.113. The van der Waals surface area contributed by atoms with Gasteiger partial charge in [-0.25, -0.2) is 17.5 Å². The second kappa shape index (κ2) is 9.15. The summed E-state index contributed by atoms with van der Waals surface area (Å²) in [5, 5.41) is 0. The van der Waals surface area contributed by atoms with Crippen molar-refractivity contribution in [2.75, 3.05) is 6.54 Å². The molecule has 0 spiro atoms. The first-order valence-electron chi connectivity index (χ1n) is 9.31.